The fourth-order valence-electron chi connectivity index (χ4n) is 2.33. The van der Waals surface area contributed by atoms with Crippen molar-refractivity contribution in [2.45, 2.75) is 25.2 Å². The molecule has 0 bridgehead atoms. The van der Waals surface area contributed by atoms with Crippen molar-refractivity contribution in [3.8, 4) is 11.3 Å². The number of nitrogens with zero attached hydrogens (tertiary/aromatic N) is 1. The SMILES string of the molecule is Fc1cccc(-c2n[nH]c3c2CC(F)(F)CC3)c1. The molecule has 18 heavy (non-hydrogen) atoms. The molecule has 0 saturated carbocycles. The van der Waals surface area contributed by atoms with Crippen LogP contribution in [-0.4, -0.2) is 16.1 Å². The Hall–Kier alpha value is -1.78. The van der Waals surface area contributed by atoms with Crippen LogP contribution in [0, 0.1) is 5.82 Å². The number of alkyl halides is 2. The Bertz CT molecular complexity index is 590. The van der Waals surface area contributed by atoms with E-state index in [4.69, 9.17) is 0 Å². The van der Waals surface area contributed by atoms with Crippen LogP contribution in [0.15, 0.2) is 24.3 Å². The van der Waals surface area contributed by atoms with E-state index in [1.165, 1.54) is 12.1 Å². The maximum absolute atomic E-state index is 13.4. The summed E-state index contributed by atoms with van der Waals surface area (Å²) in [6, 6.07) is 5.85. The number of H-pyrrole nitrogens is 1. The molecule has 1 aliphatic rings. The third-order valence-electron chi connectivity index (χ3n) is 3.23. The second-order valence-electron chi connectivity index (χ2n) is 4.57. The molecule has 0 atom stereocenters. The molecule has 2 aromatic rings. The fraction of sp³-hybridized carbons (Fsp3) is 0.308. The molecule has 2 nitrogen and oxygen atoms in total. The van der Waals surface area contributed by atoms with E-state index in [-0.39, 0.29) is 19.3 Å². The van der Waals surface area contributed by atoms with Crippen LogP contribution < -0.4 is 0 Å². The molecule has 1 aromatic heterocycles. The highest BCUT2D eigenvalue weighted by Gasteiger charge is 2.36. The van der Waals surface area contributed by atoms with Gasteiger partial charge in [0.1, 0.15) is 5.82 Å². The first kappa shape index (κ1) is 11.3. The lowest BCUT2D eigenvalue weighted by molar-refractivity contribution is -0.0123. The van der Waals surface area contributed by atoms with Gasteiger partial charge < -0.3 is 0 Å². The average molecular weight is 252 g/mol. The summed E-state index contributed by atoms with van der Waals surface area (Å²) >= 11 is 0. The van der Waals surface area contributed by atoms with Crippen LogP contribution >= 0.6 is 0 Å². The van der Waals surface area contributed by atoms with Gasteiger partial charge in [-0.15, -0.1) is 0 Å². The Kier molecular flexibility index (Phi) is 2.43. The molecule has 1 heterocycles. The molecule has 1 N–H and O–H groups in total. The minimum Gasteiger partial charge on any atom is -0.282 e. The van der Waals surface area contributed by atoms with Crippen LogP contribution in [0.5, 0.6) is 0 Å². The van der Waals surface area contributed by atoms with Crippen LogP contribution in [0.3, 0.4) is 0 Å². The zero-order valence-electron chi connectivity index (χ0n) is 9.51. The molecule has 3 rings (SSSR count). The molecule has 0 radical (unpaired) electrons. The second kappa shape index (κ2) is 3.86. The molecule has 0 fully saturated rings. The van der Waals surface area contributed by atoms with E-state index in [1.54, 1.807) is 12.1 Å². The van der Waals surface area contributed by atoms with E-state index in [0.717, 1.165) is 5.69 Å². The number of halogens is 3. The largest absolute Gasteiger partial charge is 0.282 e. The van der Waals surface area contributed by atoms with Crippen molar-refractivity contribution in [2.24, 2.45) is 0 Å². The van der Waals surface area contributed by atoms with Crippen molar-refractivity contribution in [1.82, 2.24) is 10.2 Å². The van der Waals surface area contributed by atoms with Crippen molar-refractivity contribution >= 4 is 0 Å². The van der Waals surface area contributed by atoms with E-state index in [9.17, 15) is 13.2 Å². The predicted molar refractivity (Wildman–Crippen MR) is 61.0 cm³/mol. The maximum atomic E-state index is 13.4. The topological polar surface area (TPSA) is 28.7 Å². The molecule has 0 amide bonds. The van der Waals surface area contributed by atoms with Crippen LogP contribution in [-0.2, 0) is 12.8 Å². The predicted octanol–water partition coefficient (Wildman–Crippen LogP) is 3.34. The number of rotatable bonds is 1. The highest BCUT2D eigenvalue weighted by molar-refractivity contribution is 5.64. The van der Waals surface area contributed by atoms with E-state index in [1.807, 2.05) is 0 Å². The molecular weight excluding hydrogens is 241 g/mol. The lowest BCUT2D eigenvalue weighted by Gasteiger charge is -2.21. The Labute approximate surface area is 102 Å². The number of benzene rings is 1. The quantitative estimate of drug-likeness (QED) is 0.828. The van der Waals surface area contributed by atoms with Gasteiger partial charge in [0.05, 0.1) is 5.69 Å². The molecule has 1 aliphatic carbocycles. The first-order chi connectivity index (χ1) is 8.55. The van der Waals surface area contributed by atoms with Gasteiger partial charge in [0.15, 0.2) is 0 Å². The molecule has 0 unspecified atom stereocenters. The van der Waals surface area contributed by atoms with E-state index >= 15 is 0 Å². The summed E-state index contributed by atoms with van der Waals surface area (Å²) in [6.45, 7) is 0. The van der Waals surface area contributed by atoms with Crippen LogP contribution in [0.4, 0.5) is 13.2 Å². The lowest BCUT2D eigenvalue weighted by atomic mass is 9.91. The van der Waals surface area contributed by atoms with Gasteiger partial charge in [-0.05, 0) is 18.6 Å². The van der Waals surface area contributed by atoms with Crippen molar-refractivity contribution in [3.63, 3.8) is 0 Å². The summed E-state index contributed by atoms with van der Waals surface area (Å²) in [4.78, 5) is 0. The van der Waals surface area contributed by atoms with Gasteiger partial charge in [-0.25, -0.2) is 13.2 Å². The Morgan fingerprint density at radius 3 is 2.89 bits per heavy atom. The first-order valence-corrected chi connectivity index (χ1v) is 5.75. The van der Waals surface area contributed by atoms with Crippen molar-refractivity contribution in [3.05, 3.63) is 41.3 Å². The normalized spacial score (nSPS) is 17.5. The van der Waals surface area contributed by atoms with Crippen molar-refractivity contribution in [2.75, 3.05) is 0 Å². The van der Waals surface area contributed by atoms with Crippen LogP contribution in [0.25, 0.3) is 11.3 Å². The number of aromatic nitrogens is 2. The number of aromatic amines is 1. The molecule has 1 aromatic carbocycles. The highest BCUT2D eigenvalue weighted by atomic mass is 19.3. The number of fused-ring (bicyclic) bond motifs is 1. The summed E-state index contributed by atoms with van der Waals surface area (Å²) in [6.07, 6.45) is -0.208. The summed E-state index contributed by atoms with van der Waals surface area (Å²) in [5, 5.41) is 6.83. The van der Waals surface area contributed by atoms with Crippen molar-refractivity contribution < 1.29 is 13.2 Å². The van der Waals surface area contributed by atoms with Crippen molar-refractivity contribution in [1.29, 1.82) is 0 Å². The van der Waals surface area contributed by atoms with Gasteiger partial charge >= 0.3 is 0 Å². The first-order valence-electron chi connectivity index (χ1n) is 5.75. The fourth-order valence-corrected chi connectivity index (χ4v) is 2.33. The number of hydrogen-bond acceptors (Lipinski definition) is 1. The Balaban J connectivity index is 2.07. The minimum atomic E-state index is -2.70. The zero-order valence-corrected chi connectivity index (χ0v) is 9.51. The van der Waals surface area contributed by atoms with Gasteiger partial charge in [-0.2, -0.15) is 5.10 Å². The zero-order chi connectivity index (χ0) is 12.8. The lowest BCUT2D eigenvalue weighted by Crippen LogP contribution is -2.25. The van der Waals surface area contributed by atoms with E-state index in [0.29, 0.717) is 16.8 Å². The molecule has 0 spiro atoms. The molecule has 0 saturated heterocycles. The molecular formula is C13H11F3N2. The smallest absolute Gasteiger partial charge is 0.252 e. The van der Waals surface area contributed by atoms with Gasteiger partial charge in [0.25, 0.3) is 5.92 Å². The molecule has 94 valence electrons. The van der Waals surface area contributed by atoms with Crippen LogP contribution in [0.1, 0.15) is 17.7 Å². The number of nitrogens with one attached hydrogen (secondary N) is 1. The third kappa shape index (κ3) is 1.89. The number of aryl methyl sites for hydroxylation is 1. The standard InChI is InChI=1S/C13H11F3N2/c14-9-3-1-2-8(6-9)12-10-7-13(15,16)5-4-11(10)17-18-12/h1-3,6H,4-5,7H2,(H,17,18). The average Bonchev–Trinajstić information content (AvgIpc) is 2.70. The van der Waals surface area contributed by atoms with E-state index < -0.39 is 11.7 Å². The van der Waals surface area contributed by atoms with Gasteiger partial charge in [-0.3, -0.25) is 5.10 Å². The highest BCUT2D eigenvalue weighted by Crippen LogP contribution is 2.36. The second-order valence-corrected chi connectivity index (χ2v) is 4.57. The monoisotopic (exact) mass is 252 g/mol. The van der Waals surface area contributed by atoms with E-state index in [2.05, 4.69) is 10.2 Å². The van der Waals surface area contributed by atoms with Gasteiger partial charge in [-0.1, -0.05) is 12.1 Å². The van der Waals surface area contributed by atoms with Gasteiger partial charge in [0.2, 0.25) is 0 Å². The summed E-state index contributed by atoms with van der Waals surface area (Å²) in [5.41, 5.74) is 2.21. The number of hydrogen-bond donors (Lipinski definition) is 1. The maximum Gasteiger partial charge on any atom is 0.252 e. The molecule has 0 aliphatic heterocycles. The summed E-state index contributed by atoms with van der Waals surface area (Å²) in [7, 11) is 0. The van der Waals surface area contributed by atoms with Gasteiger partial charge in [0, 0.05) is 29.7 Å². The van der Waals surface area contributed by atoms with Crippen LogP contribution in [0.2, 0.25) is 0 Å². The summed E-state index contributed by atoms with van der Waals surface area (Å²) < 4.78 is 40.0. The summed E-state index contributed by atoms with van der Waals surface area (Å²) in [5.74, 6) is -3.09. The third-order valence-corrected chi connectivity index (χ3v) is 3.23. The Morgan fingerprint density at radius 2 is 2.11 bits per heavy atom. The molecule has 5 heteroatoms. The Morgan fingerprint density at radius 1 is 1.28 bits per heavy atom. The minimum absolute atomic E-state index is 0.162.